The second-order valence-electron chi connectivity index (χ2n) is 7.71. The van der Waals surface area contributed by atoms with Crippen molar-refractivity contribution in [2.75, 3.05) is 0 Å². The van der Waals surface area contributed by atoms with Crippen molar-refractivity contribution in [1.82, 2.24) is 24.9 Å². The molecule has 1 aliphatic rings. The minimum absolute atomic E-state index is 0.0784. The normalized spacial score (nSPS) is 14.8. The fourth-order valence-electron chi connectivity index (χ4n) is 3.87. The summed E-state index contributed by atoms with van der Waals surface area (Å²) in [6.45, 7) is 3.97. The Labute approximate surface area is 163 Å². The fraction of sp³-hybridized carbons (Fsp3) is 0.429. The first-order valence-corrected chi connectivity index (χ1v) is 9.88. The zero-order valence-corrected chi connectivity index (χ0v) is 16.3. The zero-order valence-electron chi connectivity index (χ0n) is 16.3. The van der Waals surface area contributed by atoms with E-state index in [9.17, 15) is 9.59 Å². The first-order chi connectivity index (χ1) is 13.5. The molecule has 1 saturated carbocycles. The molecule has 0 saturated heterocycles. The number of nitrogens with one attached hydrogen (secondary N) is 1. The summed E-state index contributed by atoms with van der Waals surface area (Å²) in [6.07, 6.45) is 5.98. The molecule has 1 amide bonds. The monoisotopic (exact) mass is 379 g/mol. The van der Waals surface area contributed by atoms with Gasteiger partial charge < -0.3 is 5.32 Å². The lowest BCUT2D eigenvalue weighted by Gasteiger charge is -2.14. The highest BCUT2D eigenvalue weighted by Crippen LogP contribution is 2.23. The van der Waals surface area contributed by atoms with Crippen LogP contribution >= 0.6 is 0 Å². The van der Waals surface area contributed by atoms with E-state index in [1.807, 2.05) is 44.2 Å². The average Bonchev–Trinajstić information content (AvgIpc) is 3.34. The van der Waals surface area contributed by atoms with Gasteiger partial charge in [0.1, 0.15) is 12.1 Å². The van der Waals surface area contributed by atoms with Crippen LogP contribution in [0.15, 0.2) is 41.3 Å². The standard InChI is InChI=1S/C21H25N5O2/c1-14(2)19-17-12-22-26(16-10-4-3-5-11-16)20(17)21(28)25(24-19)13-18(27)23-15-8-6-7-9-15/h3-5,10-12,14-15H,6-9,13H2,1-2H3,(H,23,27). The molecule has 0 bridgehead atoms. The van der Waals surface area contributed by atoms with Crippen LogP contribution < -0.4 is 10.9 Å². The van der Waals surface area contributed by atoms with Crippen LogP contribution in [0.5, 0.6) is 0 Å². The summed E-state index contributed by atoms with van der Waals surface area (Å²) in [5.41, 5.74) is 1.73. The lowest BCUT2D eigenvalue weighted by Crippen LogP contribution is -2.39. The molecule has 2 aromatic heterocycles. The highest BCUT2D eigenvalue weighted by Gasteiger charge is 2.21. The van der Waals surface area contributed by atoms with Crippen molar-refractivity contribution < 1.29 is 4.79 Å². The molecule has 0 spiro atoms. The molecule has 3 aromatic rings. The maximum absolute atomic E-state index is 13.2. The van der Waals surface area contributed by atoms with E-state index in [-0.39, 0.29) is 30.0 Å². The molecule has 0 aliphatic heterocycles. The number of hydrogen-bond acceptors (Lipinski definition) is 4. The van der Waals surface area contributed by atoms with Crippen LogP contribution in [-0.4, -0.2) is 31.5 Å². The van der Waals surface area contributed by atoms with Crippen molar-refractivity contribution in [3.63, 3.8) is 0 Å². The van der Waals surface area contributed by atoms with Crippen LogP contribution in [0.2, 0.25) is 0 Å². The molecule has 4 rings (SSSR count). The summed E-state index contributed by atoms with van der Waals surface area (Å²) in [4.78, 5) is 25.7. The molecule has 146 valence electrons. The summed E-state index contributed by atoms with van der Waals surface area (Å²) in [5, 5.41) is 12.7. The van der Waals surface area contributed by atoms with Gasteiger partial charge in [0.25, 0.3) is 5.56 Å². The Morgan fingerprint density at radius 1 is 1.21 bits per heavy atom. The Balaban J connectivity index is 1.77. The van der Waals surface area contributed by atoms with Crippen LogP contribution in [0, 0.1) is 0 Å². The molecule has 0 radical (unpaired) electrons. The number of fused-ring (bicyclic) bond motifs is 1. The third kappa shape index (κ3) is 3.44. The first kappa shape index (κ1) is 18.4. The molecule has 1 fully saturated rings. The number of amides is 1. The summed E-state index contributed by atoms with van der Waals surface area (Å²) in [5.74, 6) is -0.0676. The van der Waals surface area contributed by atoms with Gasteiger partial charge in [-0.25, -0.2) is 9.36 Å². The number of rotatable bonds is 5. The van der Waals surface area contributed by atoms with Crippen molar-refractivity contribution >= 4 is 16.8 Å². The molecule has 1 aliphatic carbocycles. The molecule has 28 heavy (non-hydrogen) atoms. The Morgan fingerprint density at radius 2 is 1.93 bits per heavy atom. The van der Waals surface area contributed by atoms with E-state index in [0.717, 1.165) is 42.5 Å². The van der Waals surface area contributed by atoms with E-state index >= 15 is 0 Å². The van der Waals surface area contributed by atoms with E-state index in [0.29, 0.717) is 5.52 Å². The van der Waals surface area contributed by atoms with Crippen LogP contribution in [0.25, 0.3) is 16.6 Å². The van der Waals surface area contributed by atoms with Crippen molar-refractivity contribution in [3.8, 4) is 5.69 Å². The third-order valence-corrected chi connectivity index (χ3v) is 5.27. The number of carbonyl (C=O) groups is 1. The molecular formula is C21H25N5O2. The van der Waals surface area contributed by atoms with Gasteiger partial charge in [0, 0.05) is 11.4 Å². The van der Waals surface area contributed by atoms with Gasteiger partial charge in [-0.15, -0.1) is 0 Å². The van der Waals surface area contributed by atoms with Crippen LogP contribution in [0.3, 0.4) is 0 Å². The summed E-state index contributed by atoms with van der Waals surface area (Å²) in [7, 11) is 0. The molecular weight excluding hydrogens is 354 g/mol. The minimum atomic E-state index is -0.303. The zero-order chi connectivity index (χ0) is 19.7. The predicted octanol–water partition coefficient (Wildman–Crippen LogP) is 2.76. The van der Waals surface area contributed by atoms with Gasteiger partial charge in [-0.3, -0.25) is 9.59 Å². The number of para-hydroxylation sites is 1. The lowest BCUT2D eigenvalue weighted by atomic mass is 10.1. The summed E-state index contributed by atoms with van der Waals surface area (Å²) in [6, 6.07) is 9.74. The SMILES string of the molecule is CC(C)c1nn(CC(=O)NC2CCCC2)c(=O)c2c1cnn2-c1ccccc1. The second kappa shape index (κ2) is 7.58. The Bertz CT molecular complexity index is 1050. The molecule has 2 heterocycles. The Hall–Kier alpha value is -2.96. The Morgan fingerprint density at radius 3 is 2.61 bits per heavy atom. The van der Waals surface area contributed by atoms with Gasteiger partial charge >= 0.3 is 0 Å². The van der Waals surface area contributed by atoms with E-state index in [1.165, 1.54) is 4.68 Å². The van der Waals surface area contributed by atoms with E-state index in [1.54, 1.807) is 10.9 Å². The number of carbonyl (C=O) groups excluding carboxylic acids is 1. The predicted molar refractivity (Wildman–Crippen MR) is 108 cm³/mol. The van der Waals surface area contributed by atoms with Crippen molar-refractivity contribution in [3.05, 3.63) is 52.6 Å². The second-order valence-corrected chi connectivity index (χ2v) is 7.71. The van der Waals surface area contributed by atoms with Gasteiger partial charge in [0.05, 0.1) is 17.6 Å². The molecule has 7 heteroatoms. The maximum atomic E-state index is 13.2. The summed E-state index contributed by atoms with van der Waals surface area (Å²) < 4.78 is 2.92. The van der Waals surface area contributed by atoms with Crippen molar-refractivity contribution in [2.24, 2.45) is 0 Å². The molecule has 1 aromatic carbocycles. The summed E-state index contributed by atoms with van der Waals surface area (Å²) >= 11 is 0. The van der Waals surface area contributed by atoms with Crippen LogP contribution in [-0.2, 0) is 11.3 Å². The first-order valence-electron chi connectivity index (χ1n) is 9.88. The highest BCUT2D eigenvalue weighted by molar-refractivity contribution is 5.82. The van der Waals surface area contributed by atoms with Gasteiger partial charge in [-0.05, 0) is 30.9 Å². The highest BCUT2D eigenvalue weighted by atomic mass is 16.2. The van der Waals surface area contributed by atoms with E-state index in [4.69, 9.17) is 0 Å². The third-order valence-electron chi connectivity index (χ3n) is 5.27. The quantitative estimate of drug-likeness (QED) is 0.739. The minimum Gasteiger partial charge on any atom is -0.352 e. The van der Waals surface area contributed by atoms with Gasteiger partial charge in [-0.2, -0.15) is 10.2 Å². The number of hydrogen-bond donors (Lipinski definition) is 1. The molecule has 7 nitrogen and oxygen atoms in total. The smallest absolute Gasteiger partial charge is 0.293 e. The van der Waals surface area contributed by atoms with Gasteiger partial charge in [0.2, 0.25) is 5.91 Å². The van der Waals surface area contributed by atoms with E-state index in [2.05, 4.69) is 15.5 Å². The van der Waals surface area contributed by atoms with Gasteiger partial charge in [-0.1, -0.05) is 44.9 Å². The number of aromatic nitrogens is 4. The molecule has 1 N–H and O–H groups in total. The average molecular weight is 379 g/mol. The van der Waals surface area contributed by atoms with Gasteiger partial charge in [0.15, 0.2) is 0 Å². The van der Waals surface area contributed by atoms with Crippen LogP contribution in [0.1, 0.15) is 51.1 Å². The van der Waals surface area contributed by atoms with E-state index < -0.39 is 0 Å². The van der Waals surface area contributed by atoms with Crippen LogP contribution in [0.4, 0.5) is 0 Å². The topological polar surface area (TPSA) is 81.8 Å². The lowest BCUT2D eigenvalue weighted by molar-refractivity contribution is -0.122. The number of benzene rings is 1. The van der Waals surface area contributed by atoms with Crippen molar-refractivity contribution in [1.29, 1.82) is 0 Å². The number of nitrogens with zero attached hydrogens (tertiary/aromatic N) is 4. The fourth-order valence-corrected chi connectivity index (χ4v) is 3.87. The molecule has 0 unspecified atom stereocenters. The largest absolute Gasteiger partial charge is 0.352 e. The molecule has 0 atom stereocenters. The maximum Gasteiger partial charge on any atom is 0.293 e. The Kier molecular flexibility index (Phi) is 4.98. The van der Waals surface area contributed by atoms with Crippen molar-refractivity contribution in [2.45, 2.75) is 58.0 Å².